The summed E-state index contributed by atoms with van der Waals surface area (Å²) in [5, 5.41) is 11.5. The average Bonchev–Trinajstić information content (AvgIpc) is 3.68. The Morgan fingerprint density at radius 3 is 1.47 bits per heavy atom. The first-order valence-electron chi connectivity index (χ1n) is 18.8. The molecule has 0 amide bonds. The summed E-state index contributed by atoms with van der Waals surface area (Å²) in [6.07, 6.45) is 0. The second kappa shape index (κ2) is 14.4. The first kappa shape index (κ1) is 33.6. The predicted octanol–water partition coefficient (Wildman–Crippen LogP) is 13.3. The lowest BCUT2D eigenvalue weighted by Gasteiger charge is -2.10. The van der Waals surface area contributed by atoms with Gasteiger partial charge < -0.3 is 4.42 Å². The number of nitrogens with zero attached hydrogens (tertiary/aromatic N) is 4. The van der Waals surface area contributed by atoms with Crippen molar-refractivity contribution in [2.75, 3.05) is 0 Å². The molecule has 0 N–H and O–H groups in total. The zero-order chi connectivity index (χ0) is 38.1. The molecule has 0 bridgehead atoms. The highest BCUT2D eigenvalue weighted by molar-refractivity contribution is 6.13. The second-order valence-electron chi connectivity index (χ2n) is 14.0. The summed E-state index contributed by atoms with van der Waals surface area (Å²) in [6, 6.07) is 68.2. The molecule has 5 nitrogen and oxygen atoms in total. The van der Waals surface area contributed by atoms with Gasteiger partial charge in [-0.2, -0.15) is 5.26 Å². The van der Waals surface area contributed by atoms with E-state index in [-0.39, 0.29) is 0 Å². The number of rotatable bonds is 7. The highest BCUT2D eigenvalue weighted by atomic mass is 16.3. The SMILES string of the molecule is N#Cc1cccc(-c2ccc(-c3nc(-c4ccc(-c5ccccc5)cc4)nc(-c4ccc5c(c4)oc4cccc(-c6cccc(-c7ccccc7)c6)c45)n3)cc2)c1. The van der Waals surface area contributed by atoms with Gasteiger partial charge in [0, 0.05) is 27.5 Å². The fourth-order valence-electron chi connectivity index (χ4n) is 7.49. The van der Waals surface area contributed by atoms with E-state index in [0.717, 1.165) is 72.0 Å². The van der Waals surface area contributed by atoms with Crippen LogP contribution in [0, 0.1) is 11.3 Å². The molecule has 266 valence electrons. The van der Waals surface area contributed by atoms with Gasteiger partial charge in [0.25, 0.3) is 0 Å². The van der Waals surface area contributed by atoms with Crippen LogP contribution in [0.2, 0.25) is 0 Å². The van der Waals surface area contributed by atoms with E-state index in [9.17, 15) is 5.26 Å². The molecular formula is C52H32N4O. The van der Waals surface area contributed by atoms with Crippen LogP contribution < -0.4 is 0 Å². The van der Waals surface area contributed by atoms with Crippen molar-refractivity contribution in [3.8, 4) is 84.7 Å². The molecule has 0 aliphatic rings. The molecule has 0 saturated heterocycles. The van der Waals surface area contributed by atoms with Gasteiger partial charge in [-0.1, -0.05) is 158 Å². The topological polar surface area (TPSA) is 75.6 Å². The molecule has 0 atom stereocenters. The summed E-state index contributed by atoms with van der Waals surface area (Å²) in [5.41, 5.74) is 13.6. The van der Waals surface area contributed by atoms with Crippen LogP contribution in [0.5, 0.6) is 0 Å². The van der Waals surface area contributed by atoms with Crippen molar-refractivity contribution >= 4 is 21.9 Å². The number of hydrogen-bond donors (Lipinski definition) is 0. The number of nitriles is 1. The van der Waals surface area contributed by atoms with Gasteiger partial charge in [0.2, 0.25) is 0 Å². The monoisotopic (exact) mass is 728 g/mol. The predicted molar refractivity (Wildman–Crippen MR) is 230 cm³/mol. The Balaban J connectivity index is 1.07. The number of benzene rings is 8. The van der Waals surface area contributed by atoms with Crippen molar-refractivity contribution in [3.05, 3.63) is 200 Å². The third kappa shape index (κ3) is 6.52. The maximum atomic E-state index is 9.44. The number of furan rings is 1. The number of hydrogen-bond acceptors (Lipinski definition) is 5. The fourth-order valence-corrected chi connectivity index (χ4v) is 7.49. The van der Waals surface area contributed by atoms with Crippen molar-refractivity contribution in [1.82, 2.24) is 15.0 Å². The van der Waals surface area contributed by atoms with Gasteiger partial charge in [-0.3, -0.25) is 0 Å². The molecule has 0 unspecified atom stereocenters. The quantitative estimate of drug-likeness (QED) is 0.163. The molecule has 57 heavy (non-hydrogen) atoms. The number of fused-ring (bicyclic) bond motifs is 3. The molecule has 0 spiro atoms. The smallest absolute Gasteiger partial charge is 0.164 e. The Bertz CT molecular complexity index is 3110. The van der Waals surface area contributed by atoms with Gasteiger partial charge >= 0.3 is 0 Å². The Kier molecular flexibility index (Phi) is 8.48. The summed E-state index contributed by atoms with van der Waals surface area (Å²) in [4.78, 5) is 15.1. The minimum absolute atomic E-state index is 0.547. The third-order valence-corrected chi connectivity index (χ3v) is 10.4. The molecule has 0 aliphatic carbocycles. The molecule has 0 radical (unpaired) electrons. The average molecular weight is 729 g/mol. The van der Waals surface area contributed by atoms with Gasteiger partial charge in [0.05, 0.1) is 11.6 Å². The van der Waals surface area contributed by atoms with Crippen LogP contribution in [0.3, 0.4) is 0 Å². The van der Waals surface area contributed by atoms with E-state index < -0.39 is 0 Å². The van der Waals surface area contributed by atoms with Crippen molar-refractivity contribution in [2.45, 2.75) is 0 Å². The number of aromatic nitrogens is 3. The highest BCUT2D eigenvalue weighted by Gasteiger charge is 2.17. The Hall–Kier alpha value is -7.94. The van der Waals surface area contributed by atoms with Crippen LogP contribution in [0.4, 0.5) is 0 Å². The van der Waals surface area contributed by atoms with E-state index in [1.807, 2.05) is 84.9 Å². The van der Waals surface area contributed by atoms with Crippen LogP contribution >= 0.6 is 0 Å². The van der Waals surface area contributed by atoms with Crippen molar-refractivity contribution in [2.24, 2.45) is 0 Å². The standard InChI is InChI=1S/C52H32N4O/c53-33-34-10-7-15-41(30-34)38-22-26-40(27-23-38)51-54-50(39-24-20-37(21-25-39)35-11-3-1-4-12-35)55-52(56-51)44-28-29-46-48(32-44)57-47-19-9-18-45(49(46)47)43-17-8-16-42(31-43)36-13-5-2-6-14-36/h1-32H. The molecule has 10 aromatic rings. The zero-order valence-electron chi connectivity index (χ0n) is 30.7. The molecule has 8 aromatic carbocycles. The summed E-state index contributed by atoms with van der Waals surface area (Å²) in [6.45, 7) is 0. The largest absolute Gasteiger partial charge is 0.456 e. The summed E-state index contributed by atoms with van der Waals surface area (Å²) in [5.74, 6) is 1.68. The molecule has 0 saturated carbocycles. The van der Waals surface area contributed by atoms with Gasteiger partial charge in [0.15, 0.2) is 17.5 Å². The zero-order valence-corrected chi connectivity index (χ0v) is 30.7. The van der Waals surface area contributed by atoms with E-state index in [2.05, 4.69) is 115 Å². The summed E-state index contributed by atoms with van der Waals surface area (Å²) < 4.78 is 6.56. The minimum atomic E-state index is 0.547. The van der Waals surface area contributed by atoms with Crippen molar-refractivity contribution in [1.29, 1.82) is 5.26 Å². The molecule has 2 heterocycles. The summed E-state index contributed by atoms with van der Waals surface area (Å²) in [7, 11) is 0. The molecule has 0 fully saturated rings. The van der Waals surface area contributed by atoms with Gasteiger partial charge in [-0.05, 0) is 80.9 Å². The molecule has 10 rings (SSSR count). The van der Waals surface area contributed by atoms with Crippen LogP contribution in [0.15, 0.2) is 199 Å². The van der Waals surface area contributed by atoms with Crippen LogP contribution in [0.1, 0.15) is 5.56 Å². The first-order chi connectivity index (χ1) is 28.2. The van der Waals surface area contributed by atoms with Crippen molar-refractivity contribution in [3.63, 3.8) is 0 Å². The Labute approximate surface area is 329 Å². The maximum absolute atomic E-state index is 9.44. The normalized spacial score (nSPS) is 11.1. The fraction of sp³-hybridized carbons (Fsp3) is 0. The Morgan fingerprint density at radius 2 is 0.825 bits per heavy atom. The van der Waals surface area contributed by atoms with E-state index in [4.69, 9.17) is 19.4 Å². The van der Waals surface area contributed by atoms with Crippen LogP contribution in [-0.4, -0.2) is 15.0 Å². The lowest BCUT2D eigenvalue weighted by atomic mass is 9.96. The maximum Gasteiger partial charge on any atom is 0.164 e. The van der Waals surface area contributed by atoms with Crippen LogP contribution in [-0.2, 0) is 0 Å². The first-order valence-corrected chi connectivity index (χ1v) is 18.8. The molecule has 2 aromatic heterocycles. The van der Waals surface area contributed by atoms with Crippen molar-refractivity contribution < 1.29 is 4.42 Å². The van der Waals surface area contributed by atoms with Gasteiger partial charge in [-0.15, -0.1) is 0 Å². The van der Waals surface area contributed by atoms with E-state index in [0.29, 0.717) is 23.0 Å². The highest BCUT2D eigenvalue weighted by Crippen LogP contribution is 2.39. The van der Waals surface area contributed by atoms with Gasteiger partial charge in [0.1, 0.15) is 11.2 Å². The second-order valence-corrected chi connectivity index (χ2v) is 14.0. The summed E-state index contributed by atoms with van der Waals surface area (Å²) >= 11 is 0. The molecular weight excluding hydrogens is 697 g/mol. The molecule has 5 heteroatoms. The van der Waals surface area contributed by atoms with E-state index >= 15 is 0 Å². The van der Waals surface area contributed by atoms with Gasteiger partial charge in [-0.25, -0.2) is 15.0 Å². The third-order valence-electron chi connectivity index (χ3n) is 10.4. The molecule has 0 aliphatic heterocycles. The van der Waals surface area contributed by atoms with E-state index in [1.165, 1.54) is 11.1 Å². The lowest BCUT2D eigenvalue weighted by Crippen LogP contribution is -2.00. The van der Waals surface area contributed by atoms with E-state index in [1.54, 1.807) is 0 Å². The Morgan fingerprint density at radius 1 is 0.351 bits per heavy atom. The lowest BCUT2D eigenvalue weighted by molar-refractivity contribution is 0.669. The minimum Gasteiger partial charge on any atom is -0.456 e. The van der Waals surface area contributed by atoms with Crippen LogP contribution in [0.25, 0.3) is 101 Å².